The molecule has 7 nitrogen and oxygen atoms in total. The molecule has 3 rings (SSSR count). The van der Waals surface area contributed by atoms with Gasteiger partial charge in [0.05, 0.1) is 11.7 Å². The van der Waals surface area contributed by atoms with Crippen LogP contribution in [0, 0.1) is 5.92 Å². The number of nitrogens with one attached hydrogen (secondary N) is 2. The van der Waals surface area contributed by atoms with Crippen molar-refractivity contribution in [2.75, 3.05) is 17.2 Å². The molecular weight excluding hydrogens is 375 g/mol. The molecule has 10 heteroatoms. The number of primary amides is 1. The summed E-state index contributed by atoms with van der Waals surface area (Å²) in [5.74, 6) is 0.750. The molecule has 1 amide bonds. The lowest BCUT2D eigenvalue weighted by molar-refractivity contribution is -0.187. The highest BCUT2D eigenvalue weighted by Gasteiger charge is 2.31. The molecule has 4 N–H and O–H groups in total. The maximum absolute atomic E-state index is 12.3. The van der Waals surface area contributed by atoms with Crippen molar-refractivity contribution >= 4 is 17.7 Å². The number of alkyl halides is 3. The molecule has 1 aromatic heterocycles. The number of carbonyl (C=O) groups excluding carboxylic acids is 1. The van der Waals surface area contributed by atoms with Crippen LogP contribution in [0.25, 0.3) is 0 Å². The summed E-state index contributed by atoms with van der Waals surface area (Å²) in [6.07, 6.45) is 1.41. The van der Waals surface area contributed by atoms with E-state index >= 15 is 0 Å². The fourth-order valence-corrected chi connectivity index (χ4v) is 3.44. The number of nitrogens with two attached hydrogens (primary N) is 1. The van der Waals surface area contributed by atoms with Crippen LogP contribution in [0.2, 0.25) is 0 Å². The van der Waals surface area contributed by atoms with E-state index in [0.29, 0.717) is 43.4 Å². The summed E-state index contributed by atoms with van der Waals surface area (Å²) in [6.45, 7) is 0.835. The topological polar surface area (TPSA) is 102 Å². The molecule has 1 unspecified atom stereocenters. The average Bonchev–Trinajstić information content (AvgIpc) is 3.45. The lowest BCUT2D eigenvalue weighted by Gasteiger charge is -2.29. The zero-order valence-electron chi connectivity index (χ0n) is 15.8. The molecule has 0 saturated heterocycles. The lowest BCUT2D eigenvalue weighted by Crippen LogP contribution is -2.32. The normalized spacial score (nSPS) is 23.9. The first-order valence-electron chi connectivity index (χ1n) is 9.59. The van der Waals surface area contributed by atoms with Gasteiger partial charge in [0, 0.05) is 18.3 Å². The zero-order valence-corrected chi connectivity index (χ0v) is 15.8. The number of nitrogens with zero attached hydrogens (tertiary/aromatic N) is 2. The van der Waals surface area contributed by atoms with Crippen molar-refractivity contribution in [3.05, 3.63) is 11.8 Å². The zero-order chi connectivity index (χ0) is 20.3. The van der Waals surface area contributed by atoms with Gasteiger partial charge in [-0.25, -0.2) is 4.98 Å². The summed E-state index contributed by atoms with van der Waals surface area (Å²) in [5.41, 5.74) is 5.66. The first kappa shape index (κ1) is 20.6. The number of amides is 1. The second kappa shape index (κ2) is 8.50. The minimum absolute atomic E-state index is 0.0406. The van der Waals surface area contributed by atoms with Crippen LogP contribution in [0.4, 0.5) is 24.9 Å². The van der Waals surface area contributed by atoms with Gasteiger partial charge >= 0.3 is 6.18 Å². The van der Waals surface area contributed by atoms with Crippen molar-refractivity contribution in [3.8, 4) is 0 Å². The van der Waals surface area contributed by atoms with Crippen molar-refractivity contribution in [2.24, 2.45) is 11.7 Å². The van der Waals surface area contributed by atoms with Gasteiger partial charge in [0.25, 0.3) is 5.91 Å². The van der Waals surface area contributed by atoms with Gasteiger partial charge in [-0.2, -0.15) is 18.2 Å². The van der Waals surface area contributed by atoms with E-state index in [4.69, 9.17) is 10.5 Å². The van der Waals surface area contributed by atoms with Crippen molar-refractivity contribution in [3.63, 3.8) is 0 Å². The third-order valence-corrected chi connectivity index (χ3v) is 5.24. The lowest BCUT2D eigenvalue weighted by atomic mass is 9.93. The van der Waals surface area contributed by atoms with E-state index in [1.54, 1.807) is 0 Å². The van der Waals surface area contributed by atoms with Gasteiger partial charge in [0.1, 0.15) is 12.4 Å². The molecule has 1 aromatic rings. The number of aromatic nitrogens is 2. The van der Waals surface area contributed by atoms with E-state index in [9.17, 15) is 18.0 Å². The predicted molar refractivity (Wildman–Crippen MR) is 98.0 cm³/mol. The molecule has 0 aromatic carbocycles. The summed E-state index contributed by atoms with van der Waals surface area (Å²) in [7, 11) is 0. The van der Waals surface area contributed by atoms with Crippen LogP contribution in [0.15, 0.2) is 6.20 Å². The van der Waals surface area contributed by atoms with Crippen molar-refractivity contribution in [1.29, 1.82) is 0 Å². The number of ether oxygens (including phenoxy) is 1. The number of anilines is 2. The van der Waals surface area contributed by atoms with Gasteiger partial charge in [-0.15, -0.1) is 0 Å². The average molecular weight is 401 g/mol. The second-order valence-electron chi connectivity index (χ2n) is 7.63. The summed E-state index contributed by atoms with van der Waals surface area (Å²) in [6, 6.07) is 0.223. The summed E-state index contributed by atoms with van der Waals surface area (Å²) < 4.78 is 41.7. The maximum Gasteiger partial charge on any atom is 0.411 e. The van der Waals surface area contributed by atoms with Crippen molar-refractivity contribution in [2.45, 2.75) is 69.8 Å². The Kier molecular flexibility index (Phi) is 6.26. The Morgan fingerprint density at radius 1 is 1.29 bits per heavy atom. The molecule has 28 heavy (non-hydrogen) atoms. The van der Waals surface area contributed by atoms with Crippen LogP contribution in [0.5, 0.6) is 0 Å². The molecule has 1 heterocycles. The Bertz CT molecular complexity index is 688. The number of hydrogen-bond donors (Lipinski definition) is 3. The molecule has 0 bridgehead atoms. The van der Waals surface area contributed by atoms with Crippen LogP contribution < -0.4 is 16.4 Å². The van der Waals surface area contributed by atoms with E-state index in [-0.39, 0.29) is 23.8 Å². The fraction of sp³-hybridized carbons (Fsp3) is 0.722. The summed E-state index contributed by atoms with van der Waals surface area (Å²) >= 11 is 0. The number of rotatable bonds is 8. The predicted octanol–water partition coefficient (Wildman–Crippen LogP) is 3.09. The Morgan fingerprint density at radius 3 is 2.54 bits per heavy atom. The third-order valence-electron chi connectivity index (χ3n) is 5.24. The molecule has 2 saturated carbocycles. The van der Waals surface area contributed by atoms with E-state index in [0.717, 1.165) is 12.8 Å². The standard InChI is InChI=1S/C18H26F3N5O2/c1-10(11-2-3-11)24-16-14(15(22)27)8-23-17(26-16)25-12-4-6-13(7-5-12)28-9-18(19,20)21/h8,10-13H,2-7,9H2,1H3,(H2,22,27)(H2,23,24,25,26). The number of halogens is 3. The molecule has 1 atom stereocenters. The van der Waals surface area contributed by atoms with Gasteiger partial charge in [-0.3, -0.25) is 4.79 Å². The molecule has 156 valence electrons. The van der Waals surface area contributed by atoms with Crippen molar-refractivity contribution < 1.29 is 22.7 Å². The van der Waals surface area contributed by atoms with Gasteiger partial charge in [-0.1, -0.05) is 0 Å². The first-order valence-corrected chi connectivity index (χ1v) is 9.59. The van der Waals surface area contributed by atoms with Crippen molar-refractivity contribution in [1.82, 2.24) is 9.97 Å². The Hall–Kier alpha value is -2.10. The molecule has 2 fully saturated rings. The fourth-order valence-electron chi connectivity index (χ4n) is 3.44. The summed E-state index contributed by atoms with van der Waals surface area (Å²) in [4.78, 5) is 20.2. The minimum atomic E-state index is -4.30. The Balaban J connectivity index is 1.56. The maximum atomic E-state index is 12.3. The summed E-state index contributed by atoms with van der Waals surface area (Å²) in [5, 5.41) is 6.46. The highest BCUT2D eigenvalue weighted by molar-refractivity contribution is 5.97. The van der Waals surface area contributed by atoms with Gasteiger partial charge in [0.2, 0.25) is 5.95 Å². The smallest absolute Gasteiger partial charge is 0.369 e. The van der Waals surface area contributed by atoms with E-state index < -0.39 is 18.7 Å². The Morgan fingerprint density at radius 2 is 1.96 bits per heavy atom. The van der Waals surface area contributed by atoms with Crippen LogP contribution in [0.3, 0.4) is 0 Å². The molecule has 0 radical (unpaired) electrons. The first-order chi connectivity index (χ1) is 13.2. The van der Waals surface area contributed by atoms with Gasteiger partial charge in [0.15, 0.2) is 0 Å². The SMILES string of the molecule is CC(Nc1nc(NC2CCC(OCC(F)(F)F)CC2)ncc1C(N)=O)C1CC1. The van der Waals surface area contributed by atoms with Gasteiger partial charge < -0.3 is 21.1 Å². The molecule has 2 aliphatic carbocycles. The molecule has 2 aliphatic rings. The van der Waals surface area contributed by atoms with E-state index in [1.165, 1.54) is 6.20 Å². The minimum Gasteiger partial charge on any atom is -0.369 e. The monoisotopic (exact) mass is 401 g/mol. The van der Waals surface area contributed by atoms with Gasteiger partial charge in [-0.05, 0) is 51.4 Å². The quantitative estimate of drug-likeness (QED) is 0.619. The van der Waals surface area contributed by atoms with Crippen LogP contribution in [0.1, 0.15) is 55.8 Å². The van der Waals surface area contributed by atoms with E-state index in [2.05, 4.69) is 20.6 Å². The molecular formula is C18H26F3N5O2. The largest absolute Gasteiger partial charge is 0.411 e. The van der Waals surface area contributed by atoms with Crippen LogP contribution in [-0.2, 0) is 4.74 Å². The van der Waals surface area contributed by atoms with Crippen LogP contribution >= 0.6 is 0 Å². The van der Waals surface area contributed by atoms with Crippen LogP contribution in [-0.4, -0.2) is 46.8 Å². The highest BCUT2D eigenvalue weighted by Crippen LogP contribution is 2.34. The third kappa shape index (κ3) is 5.95. The molecule has 0 spiro atoms. The van der Waals surface area contributed by atoms with E-state index in [1.807, 2.05) is 6.92 Å². The highest BCUT2D eigenvalue weighted by atomic mass is 19.4. The number of hydrogen-bond acceptors (Lipinski definition) is 6. The molecule has 0 aliphatic heterocycles. The second-order valence-corrected chi connectivity index (χ2v) is 7.63. The number of carbonyl (C=O) groups is 1. The Labute approximate surface area is 161 Å².